The number of carbonyl (C=O) groups excluding carboxylic acids is 1. The molecule has 1 unspecified atom stereocenters. The van der Waals surface area contributed by atoms with Crippen molar-refractivity contribution < 1.29 is 4.79 Å². The summed E-state index contributed by atoms with van der Waals surface area (Å²) in [5.41, 5.74) is 2.99. The zero-order valence-corrected chi connectivity index (χ0v) is 13.6. The van der Waals surface area contributed by atoms with Crippen molar-refractivity contribution in [2.75, 3.05) is 11.9 Å². The Hall–Kier alpha value is -1.37. The van der Waals surface area contributed by atoms with E-state index in [0.29, 0.717) is 0 Å². The smallest absolute Gasteiger partial charge is 0.246 e. The van der Waals surface area contributed by atoms with Crippen molar-refractivity contribution in [2.45, 2.75) is 35.5 Å². The summed E-state index contributed by atoms with van der Waals surface area (Å²) in [6, 6.07) is 5.90. The van der Waals surface area contributed by atoms with Crippen molar-refractivity contribution in [1.82, 2.24) is 10.3 Å². The first kappa shape index (κ1) is 14.6. The first-order chi connectivity index (χ1) is 10.2. The molecule has 6 heteroatoms. The predicted octanol–water partition coefficient (Wildman–Crippen LogP) is 3.60. The molecule has 2 N–H and O–H groups in total. The molecule has 1 aromatic heterocycles. The highest BCUT2D eigenvalue weighted by Crippen LogP contribution is 2.37. The molecule has 2 heterocycles. The molecule has 1 amide bonds. The topological polar surface area (TPSA) is 54.0 Å². The fourth-order valence-electron chi connectivity index (χ4n) is 2.28. The van der Waals surface area contributed by atoms with Crippen LogP contribution >= 0.6 is 23.1 Å². The molecular formula is C15H17N3OS2. The number of benzene rings is 1. The summed E-state index contributed by atoms with van der Waals surface area (Å²) in [5, 5.41) is 8.28. The maximum Gasteiger partial charge on any atom is 0.246 e. The summed E-state index contributed by atoms with van der Waals surface area (Å²) in [4.78, 5) is 17.6. The van der Waals surface area contributed by atoms with Crippen LogP contribution in [-0.2, 0) is 4.79 Å². The minimum atomic E-state index is -0.221. The summed E-state index contributed by atoms with van der Waals surface area (Å²) >= 11 is 3.27. The van der Waals surface area contributed by atoms with Crippen molar-refractivity contribution in [2.24, 2.45) is 0 Å². The van der Waals surface area contributed by atoms with Gasteiger partial charge in [0.05, 0.1) is 0 Å². The number of anilines is 1. The Labute approximate surface area is 132 Å². The van der Waals surface area contributed by atoms with Gasteiger partial charge in [0, 0.05) is 27.2 Å². The van der Waals surface area contributed by atoms with E-state index < -0.39 is 0 Å². The van der Waals surface area contributed by atoms with Gasteiger partial charge in [-0.2, -0.15) is 0 Å². The van der Waals surface area contributed by atoms with Crippen LogP contribution < -0.4 is 10.6 Å². The van der Waals surface area contributed by atoms with Crippen LogP contribution in [0.15, 0.2) is 32.8 Å². The second kappa shape index (κ2) is 6.17. The monoisotopic (exact) mass is 319 g/mol. The van der Waals surface area contributed by atoms with Crippen LogP contribution in [-0.4, -0.2) is 17.4 Å². The van der Waals surface area contributed by atoms with Gasteiger partial charge in [-0.25, -0.2) is 4.98 Å². The second-order valence-electron chi connectivity index (χ2n) is 4.98. The number of hydrogen-bond donors (Lipinski definition) is 2. The van der Waals surface area contributed by atoms with E-state index in [1.165, 1.54) is 0 Å². The fraction of sp³-hybridized carbons (Fsp3) is 0.333. The molecule has 1 aromatic carbocycles. The van der Waals surface area contributed by atoms with E-state index in [4.69, 9.17) is 0 Å². The maximum atomic E-state index is 12.0. The zero-order valence-electron chi connectivity index (χ0n) is 12.0. The van der Waals surface area contributed by atoms with E-state index in [1.54, 1.807) is 23.1 Å². The number of thiazole rings is 1. The van der Waals surface area contributed by atoms with E-state index in [1.807, 2.05) is 24.4 Å². The first-order valence-corrected chi connectivity index (χ1v) is 8.65. The molecule has 0 saturated carbocycles. The molecule has 2 aromatic rings. The molecule has 0 spiro atoms. The molecule has 0 aliphatic carbocycles. The number of fused-ring (bicyclic) bond motifs is 1. The summed E-state index contributed by atoms with van der Waals surface area (Å²) in [6.45, 7) is 4.93. The SMILES string of the molecule is CCCNC1C(=O)Nc2cc(Sc3nc(C)cs3)ccc21. The summed E-state index contributed by atoms with van der Waals surface area (Å²) < 4.78 is 1.03. The minimum absolute atomic E-state index is 0.0330. The van der Waals surface area contributed by atoms with Crippen LogP contribution in [0, 0.1) is 6.92 Å². The summed E-state index contributed by atoms with van der Waals surface area (Å²) in [5.74, 6) is 0.0330. The van der Waals surface area contributed by atoms with Crippen molar-refractivity contribution >= 4 is 34.7 Å². The first-order valence-electron chi connectivity index (χ1n) is 6.95. The largest absolute Gasteiger partial charge is 0.324 e. The molecule has 4 nitrogen and oxygen atoms in total. The zero-order chi connectivity index (χ0) is 14.8. The molecule has 110 valence electrons. The van der Waals surface area contributed by atoms with Gasteiger partial charge >= 0.3 is 0 Å². The van der Waals surface area contributed by atoms with E-state index >= 15 is 0 Å². The van der Waals surface area contributed by atoms with Crippen LogP contribution in [0.4, 0.5) is 5.69 Å². The quantitative estimate of drug-likeness (QED) is 0.884. The Balaban J connectivity index is 1.79. The molecule has 0 fully saturated rings. The maximum absolute atomic E-state index is 12.0. The van der Waals surface area contributed by atoms with Gasteiger partial charge < -0.3 is 10.6 Å². The van der Waals surface area contributed by atoms with Gasteiger partial charge in [-0.15, -0.1) is 11.3 Å². The molecule has 21 heavy (non-hydrogen) atoms. The lowest BCUT2D eigenvalue weighted by molar-refractivity contribution is -0.117. The summed E-state index contributed by atoms with van der Waals surface area (Å²) in [6.07, 6.45) is 1.01. The molecule has 3 rings (SSSR count). The van der Waals surface area contributed by atoms with Gasteiger partial charge in [0.2, 0.25) is 5.91 Å². The van der Waals surface area contributed by atoms with Crippen LogP contribution in [0.1, 0.15) is 30.6 Å². The Morgan fingerprint density at radius 2 is 2.33 bits per heavy atom. The van der Waals surface area contributed by atoms with Crippen LogP contribution in [0.5, 0.6) is 0 Å². The Morgan fingerprint density at radius 1 is 1.48 bits per heavy atom. The van der Waals surface area contributed by atoms with E-state index in [2.05, 4.69) is 28.6 Å². The molecule has 1 atom stereocenters. The molecule has 0 bridgehead atoms. The molecular weight excluding hydrogens is 302 g/mol. The molecule has 1 aliphatic heterocycles. The highest BCUT2D eigenvalue weighted by molar-refractivity contribution is 8.01. The normalized spacial score (nSPS) is 16.9. The predicted molar refractivity (Wildman–Crippen MR) is 87.1 cm³/mol. The second-order valence-corrected chi connectivity index (χ2v) is 7.16. The van der Waals surface area contributed by atoms with Crippen LogP contribution in [0.3, 0.4) is 0 Å². The third-order valence-corrected chi connectivity index (χ3v) is 5.30. The number of nitrogens with one attached hydrogen (secondary N) is 2. The number of hydrogen-bond acceptors (Lipinski definition) is 5. The number of rotatable bonds is 5. The van der Waals surface area contributed by atoms with Gasteiger partial charge in [-0.05, 0) is 32.0 Å². The average Bonchev–Trinajstić information content (AvgIpc) is 2.99. The van der Waals surface area contributed by atoms with Crippen LogP contribution in [0.25, 0.3) is 0 Å². The van der Waals surface area contributed by atoms with Gasteiger partial charge in [0.1, 0.15) is 6.04 Å². The van der Waals surface area contributed by atoms with E-state index in [9.17, 15) is 4.79 Å². The van der Waals surface area contributed by atoms with E-state index in [0.717, 1.165) is 39.1 Å². The van der Waals surface area contributed by atoms with Gasteiger partial charge in [0.15, 0.2) is 4.34 Å². The van der Waals surface area contributed by atoms with Crippen molar-refractivity contribution in [3.63, 3.8) is 0 Å². The number of amides is 1. The third-order valence-electron chi connectivity index (χ3n) is 3.26. The number of aromatic nitrogens is 1. The lowest BCUT2D eigenvalue weighted by Crippen LogP contribution is -2.27. The highest BCUT2D eigenvalue weighted by atomic mass is 32.2. The Morgan fingerprint density at radius 3 is 3.05 bits per heavy atom. The van der Waals surface area contributed by atoms with Gasteiger partial charge in [-0.3, -0.25) is 4.79 Å². The third kappa shape index (κ3) is 3.12. The van der Waals surface area contributed by atoms with Crippen molar-refractivity contribution in [1.29, 1.82) is 0 Å². The van der Waals surface area contributed by atoms with E-state index in [-0.39, 0.29) is 11.9 Å². The standard InChI is InChI=1S/C15H17N3OS2/c1-3-6-16-13-11-5-4-10(7-12(11)18-14(13)19)21-15-17-9(2)8-20-15/h4-5,7-8,13,16H,3,6H2,1-2H3,(H,18,19). The molecule has 1 aliphatic rings. The lowest BCUT2D eigenvalue weighted by atomic mass is 10.1. The molecule has 0 saturated heterocycles. The lowest BCUT2D eigenvalue weighted by Gasteiger charge is -2.10. The van der Waals surface area contributed by atoms with Crippen LogP contribution in [0.2, 0.25) is 0 Å². The highest BCUT2D eigenvalue weighted by Gasteiger charge is 2.29. The van der Waals surface area contributed by atoms with Crippen molar-refractivity contribution in [3.05, 3.63) is 34.8 Å². The number of aryl methyl sites for hydroxylation is 1. The number of carbonyl (C=O) groups is 1. The van der Waals surface area contributed by atoms with Crippen molar-refractivity contribution in [3.8, 4) is 0 Å². The van der Waals surface area contributed by atoms with Gasteiger partial charge in [-0.1, -0.05) is 24.8 Å². The molecule has 0 radical (unpaired) electrons. The fourth-order valence-corrected chi connectivity index (χ4v) is 4.13. The number of nitrogens with zero attached hydrogens (tertiary/aromatic N) is 1. The average molecular weight is 319 g/mol. The minimum Gasteiger partial charge on any atom is -0.324 e. The Bertz CT molecular complexity index is 669. The summed E-state index contributed by atoms with van der Waals surface area (Å²) in [7, 11) is 0. The van der Waals surface area contributed by atoms with Gasteiger partial charge in [0.25, 0.3) is 0 Å². The Kier molecular flexibility index (Phi) is 4.28.